The number of aromatic hydroxyl groups is 1. The van der Waals surface area contributed by atoms with E-state index in [2.05, 4.69) is 5.32 Å². The molecule has 4 rings (SSSR count). The second-order valence-corrected chi connectivity index (χ2v) is 7.89. The third-order valence-electron chi connectivity index (χ3n) is 5.75. The number of amides is 2. The monoisotopic (exact) mass is 435 g/mol. The lowest BCUT2D eigenvalue weighted by molar-refractivity contribution is -0.0597. The van der Waals surface area contributed by atoms with Crippen molar-refractivity contribution in [2.45, 2.75) is 38.3 Å². The quantitative estimate of drug-likeness (QED) is 0.775. The van der Waals surface area contributed by atoms with Gasteiger partial charge in [0.1, 0.15) is 17.4 Å². The van der Waals surface area contributed by atoms with Crippen LogP contribution in [0.4, 0.5) is 13.2 Å². The van der Waals surface area contributed by atoms with Gasteiger partial charge in [-0.1, -0.05) is 12.1 Å². The van der Waals surface area contributed by atoms with Gasteiger partial charge in [-0.3, -0.25) is 14.4 Å². The molecule has 2 aliphatic heterocycles. The lowest BCUT2D eigenvalue weighted by Crippen LogP contribution is -2.48. The summed E-state index contributed by atoms with van der Waals surface area (Å²) in [6.45, 7) is 1.24. The number of nitrogens with zero attached hydrogens (tertiary/aromatic N) is 2. The maximum absolute atomic E-state index is 14.7. The first-order valence-corrected chi connectivity index (χ1v) is 9.78. The Morgan fingerprint density at radius 1 is 1.32 bits per heavy atom. The summed E-state index contributed by atoms with van der Waals surface area (Å²) >= 11 is 0. The summed E-state index contributed by atoms with van der Waals surface area (Å²) < 4.78 is 44.2. The molecule has 2 N–H and O–H groups in total. The molecule has 1 aromatic carbocycles. The molecule has 3 heterocycles. The van der Waals surface area contributed by atoms with E-state index in [1.165, 1.54) is 17.0 Å². The second-order valence-electron chi connectivity index (χ2n) is 7.89. The highest BCUT2D eigenvalue weighted by atomic mass is 19.3. The molecule has 1 fully saturated rings. The van der Waals surface area contributed by atoms with Gasteiger partial charge < -0.3 is 19.9 Å². The maximum Gasteiger partial charge on any atom is 0.274 e. The first-order valence-electron chi connectivity index (χ1n) is 9.78. The summed E-state index contributed by atoms with van der Waals surface area (Å²) in [6, 6.07) is 2.89. The summed E-state index contributed by atoms with van der Waals surface area (Å²) in [4.78, 5) is 39.0. The molecule has 2 amide bonds. The molecule has 0 spiro atoms. The Kier molecular flexibility index (Phi) is 5.03. The second kappa shape index (κ2) is 7.44. The van der Waals surface area contributed by atoms with Crippen LogP contribution in [-0.4, -0.2) is 45.4 Å². The number of carbonyl (C=O) groups excluding carboxylic acids is 2. The van der Waals surface area contributed by atoms with E-state index in [1.807, 2.05) is 0 Å². The van der Waals surface area contributed by atoms with Crippen molar-refractivity contribution in [2.24, 2.45) is 0 Å². The summed E-state index contributed by atoms with van der Waals surface area (Å²) in [7, 11) is 0. The lowest BCUT2D eigenvalue weighted by Gasteiger charge is -2.37. The average molecular weight is 435 g/mol. The van der Waals surface area contributed by atoms with E-state index in [1.54, 1.807) is 13.0 Å². The van der Waals surface area contributed by atoms with Crippen LogP contribution in [-0.2, 0) is 6.54 Å². The fraction of sp³-hybridized carbons (Fsp3) is 0.381. The van der Waals surface area contributed by atoms with Gasteiger partial charge in [0.25, 0.3) is 17.7 Å². The standard InChI is InChI=1S/C21H20F3N3O4/c1-11-3-4-12(14(22)7-11)8-25-19(30)13-9-27-15-10-26(6-2-5-21(15,23)24)20(31)16(27)18(29)17(13)28/h3-4,7,9,15,29H,2,5-6,8,10H2,1H3,(H,25,30). The zero-order valence-corrected chi connectivity index (χ0v) is 16.6. The predicted molar refractivity (Wildman–Crippen MR) is 104 cm³/mol. The molecule has 1 aromatic heterocycles. The van der Waals surface area contributed by atoms with Crippen molar-refractivity contribution < 1.29 is 27.9 Å². The fourth-order valence-corrected chi connectivity index (χ4v) is 4.04. The van der Waals surface area contributed by atoms with Crippen LogP contribution in [0.25, 0.3) is 0 Å². The lowest BCUT2D eigenvalue weighted by atomic mass is 10.0. The van der Waals surface area contributed by atoms with Crippen molar-refractivity contribution in [3.8, 4) is 5.75 Å². The molecule has 0 radical (unpaired) electrons. The van der Waals surface area contributed by atoms with Crippen LogP contribution in [0.1, 0.15) is 50.9 Å². The van der Waals surface area contributed by atoms with Gasteiger partial charge in [0, 0.05) is 37.8 Å². The molecule has 31 heavy (non-hydrogen) atoms. The Bertz CT molecular complexity index is 1150. The highest BCUT2D eigenvalue weighted by molar-refractivity contribution is 5.99. The molecule has 1 unspecified atom stereocenters. The van der Waals surface area contributed by atoms with Crippen LogP contribution in [0.3, 0.4) is 0 Å². The number of alkyl halides is 2. The molecule has 164 valence electrons. The number of nitrogens with one attached hydrogen (secondary N) is 1. The Labute approximate surface area is 175 Å². The van der Waals surface area contributed by atoms with E-state index < -0.39 is 58.5 Å². The molecule has 1 atom stereocenters. The topological polar surface area (TPSA) is 91.6 Å². The number of halogens is 3. The largest absolute Gasteiger partial charge is 0.503 e. The van der Waals surface area contributed by atoms with Crippen molar-refractivity contribution >= 4 is 11.8 Å². The minimum absolute atomic E-state index is 0.0737. The molecule has 1 saturated heterocycles. The summed E-state index contributed by atoms with van der Waals surface area (Å²) in [5.74, 6) is -6.51. The van der Waals surface area contributed by atoms with Crippen LogP contribution < -0.4 is 10.7 Å². The number of hydrogen-bond acceptors (Lipinski definition) is 4. The molecule has 0 aliphatic carbocycles. The van der Waals surface area contributed by atoms with Crippen LogP contribution in [0, 0.1) is 12.7 Å². The minimum atomic E-state index is -3.20. The van der Waals surface area contributed by atoms with Crippen LogP contribution in [0.2, 0.25) is 0 Å². The van der Waals surface area contributed by atoms with Crippen LogP contribution in [0.5, 0.6) is 5.75 Å². The Morgan fingerprint density at radius 3 is 2.77 bits per heavy atom. The molecule has 0 saturated carbocycles. The van der Waals surface area contributed by atoms with Gasteiger partial charge in [-0.2, -0.15) is 0 Å². The van der Waals surface area contributed by atoms with Gasteiger partial charge in [0.15, 0.2) is 11.4 Å². The van der Waals surface area contributed by atoms with Crippen molar-refractivity contribution in [2.75, 3.05) is 13.1 Å². The smallest absolute Gasteiger partial charge is 0.274 e. The van der Waals surface area contributed by atoms with Gasteiger partial charge >= 0.3 is 0 Å². The molecule has 2 aliphatic rings. The Morgan fingerprint density at radius 2 is 2.06 bits per heavy atom. The van der Waals surface area contributed by atoms with Crippen LogP contribution >= 0.6 is 0 Å². The first kappa shape index (κ1) is 21.0. The highest BCUT2D eigenvalue weighted by Crippen LogP contribution is 2.41. The summed E-state index contributed by atoms with van der Waals surface area (Å²) in [6.07, 6.45) is 0.490. The maximum atomic E-state index is 14.7. The molecule has 2 aromatic rings. The normalized spacial score (nSPS) is 19.5. The van der Waals surface area contributed by atoms with E-state index in [0.717, 1.165) is 10.8 Å². The molecular formula is C21H20F3N3O4. The van der Waals surface area contributed by atoms with Crippen LogP contribution in [0.15, 0.2) is 29.2 Å². The van der Waals surface area contributed by atoms with E-state index in [-0.39, 0.29) is 31.6 Å². The third kappa shape index (κ3) is 3.55. The molecule has 2 bridgehead atoms. The number of carbonyl (C=O) groups is 2. The summed E-state index contributed by atoms with van der Waals surface area (Å²) in [5, 5.41) is 12.7. The zero-order valence-electron chi connectivity index (χ0n) is 16.6. The Hall–Kier alpha value is -3.30. The summed E-state index contributed by atoms with van der Waals surface area (Å²) in [5.41, 5.74) is -1.44. The van der Waals surface area contributed by atoms with Crippen molar-refractivity contribution in [1.82, 2.24) is 14.8 Å². The number of pyridine rings is 1. The van der Waals surface area contributed by atoms with Gasteiger partial charge in [-0.15, -0.1) is 0 Å². The van der Waals surface area contributed by atoms with E-state index in [0.29, 0.717) is 5.56 Å². The number of hydrogen-bond donors (Lipinski definition) is 2. The molecule has 10 heteroatoms. The van der Waals surface area contributed by atoms with E-state index in [4.69, 9.17) is 0 Å². The predicted octanol–water partition coefficient (Wildman–Crippen LogP) is 2.36. The fourth-order valence-electron chi connectivity index (χ4n) is 4.04. The third-order valence-corrected chi connectivity index (χ3v) is 5.75. The number of aryl methyl sites for hydroxylation is 1. The Balaban J connectivity index is 1.71. The number of rotatable bonds is 3. The first-order chi connectivity index (χ1) is 14.6. The van der Waals surface area contributed by atoms with Gasteiger partial charge in [0.05, 0.1) is 0 Å². The highest BCUT2D eigenvalue weighted by Gasteiger charge is 2.49. The number of benzene rings is 1. The van der Waals surface area contributed by atoms with Gasteiger partial charge in [-0.25, -0.2) is 13.2 Å². The zero-order chi connectivity index (χ0) is 22.5. The van der Waals surface area contributed by atoms with Crippen molar-refractivity contribution in [3.05, 3.63) is 62.8 Å². The van der Waals surface area contributed by atoms with E-state index >= 15 is 0 Å². The van der Waals surface area contributed by atoms with Crippen molar-refractivity contribution in [1.29, 1.82) is 0 Å². The SMILES string of the molecule is Cc1ccc(CNC(=O)c2cn3c(c(O)c2=O)C(=O)N2CCCC(F)(F)C3C2)c(F)c1. The number of fused-ring (bicyclic) bond motifs is 4. The van der Waals surface area contributed by atoms with Gasteiger partial charge in [0.2, 0.25) is 5.43 Å². The van der Waals surface area contributed by atoms with Gasteiger partial charge in [-0.05, 0) is 25.0 Å². The van der Waals surface area contributed by atoms with E-state index in [9.17, 15) is 32.7 Å². The molecular weight excluding hydrogens is 415 g/mol. The van der Waals surface area contributed by atoms with Crippen molar-refractivity contribution in [3.63, 3.8) is 0 Å². The number of aromatic nitrogens is 1. The average Bonchev–Trinajstić information content (AvgIpc) is 2.84. The molecule has 7 nitrogen and oxygen atoms in total. The minimum Gasteiger partial charge on any atom is -0.503 e.